The number of ether oxygens (including phenoxy) is 1. The van der Waals surface area contributed by atoms with Gasteiger partial charge in [0.25, 0.3) is 0 Å². The first-order valence-electron chi connectivity index (χ1n) is 6.48. The highest BCUT2D eigenvalue weighted by molar-refractivity contribution is 7.98. The zero-order valence-electron chi connectivity index (χ0n) is 11.7. The summed E-state index contributed by atoms with van der Waals surface area (Å²) in [4.78, 5) is 15.9. The molecule has 1 aromatic heterocycles. The van der Waals surface area contributed by atoms with Gasteiger partial charge in [-0.2, -0.15) is 11.8 Å². The molecule has 1 rings (SSSR count). The van der Waals surface area contributed by atoms with Crippen LogP contribution >= 0.6 is 23.1 Å². The molecule has 1 heterocycles. The lowest BCUT2D eigenvalue weighted by Gasteiger charge is -2.09. The van der Waals surface area contributed by atoms with Crippen LogP contribution in [-0.2, 0) is 15.3 Å². The highest BCUT2D eigenvalue weighted by Gasteiger charge is 2.14. The van der Waals surface area contributed by atoms with Crippen molar-refractivity contribution in [2.24, 2.45) is 5.73 Å². The molecule has 0 aliphatic rings. The van der Waals surface area contributed by atoms with Crippen LogP contribution in [0.25, 0.3) is 0 Å². The van der Waals surface area contributed by atoms with Gasteiger partial charge in [-0.3, -0.25) is 4.79 Å². The maximum absolute atomic E-state index is 11.3. The molecular formula is C13H22N2O2S2. The van der Waals surface area contributed by atoms with Crippen molar-refractivity contribution in [1.82, 2.24) is 4.98 Å². The summed E-state index contributed by atoms with van der Waals surface area (Å²) in [6.07, 6.45) is 0.644. The largest absolute Gasteiger partial charge is 0.465 e. The van der Waals surface area contributed by atoms with Crippen molar-refractivity contribution >= 4 is 29.1 Å². The van der Waals surface area contributed by atoms with Gasteiger partial charge in [-0.1, -0.05) is 13.8 Å². The van der Waals surface area contributed by atoms with E-state index in [1.807, 2.05) is 0 Å². The van der Waals surface area contributed by atoms with Crippen LogP contribution in [-0.4, -0.2) is 29.4 Å². The number of aromatic nitrogens is 1. The Morgan fingerprint density at radius 2 is 2.32 bits per heavy atom. The lowest BCUT2D eigenvalue weighted by molar-refractivity contribution is -0.144. The molecule has 19 heavy (non-hydrogen) atoms. The zero-order chi connectivity index (χ0) is 14.3. The number of nitrogens with zero attached hydrogens (tertiary/aromatic N) is 1. The maximum atomic E-state index is 11.3. The standard InChI is InChI=1S/C13H22N2O2S2/c1-4-17-13(16)11(14)5-6-18-7-10-8-19-12(15-10)9(2)3/h8-9,11H,4-7,14H2,1-3H3. The third-order valence-electron chi connectivity index (χ3n) is 2.48. The Kier molecular flexibility index (Phi) is 7.41. The molecule has 2 N–H and O–H groups in total. The van der Waals surface area contributed by atoms with Crippen molar-refractivity contribution in [3.63, 3.8) is 0 Å². The van der Waals surface area contributed by atoms with E-state index in [2.05, 4.69) is 24.2 Å². The number of carbonyl (C=O) groups excluding carboxylic acids is 1. The normalized spacial score (nSPS) is 12.7. The monoisotopic (exact) mass is 302 g/mol. The van der Waals surface area contributed by atoms with Crippen LogP contribution in [0.4, 0.5) is 0 Å². The fourth-order valence-electron chi connectivity index (χ4n) is 1.41. The Balaban J connectivity index is 2.21. The van der Waals surface area contributed by atoms with E-state index in [1.165, 1.54) is 5.01 Å². The zero-order valence-corrected chi connectivity index (χ0v) is 13.4. The molecule has 6 heteroatoms. The van der Waals surface area contributed by atoms with Gasteiger partial charge in [0, 0.05) is 17.1 Å². The van der Waals surface area contributed by atoms with Crippen molar-refractivity contribution < 1.29 is 9.53 Å². The minimum absolute atomic E-state index is 0.307. The van der Waals surface area contributed by atoms with E-state index in [9.17, 15) is 4.79 Å². The van der Waals surface area contributed by atoms with Crippen molar-refractivity contribution in [3.05, 3.63) is 16.1 Å². The van der Waals surface area contributed by atoms with E-state index in [0.717, 1.165) is 17.2 Å². The van der Waals surface area contributed by atoms with Crippen LogP contribution in [0.2, 0.25) is 0 Å². The van der Waals surface area contributed by atoms with Gasteiger partial charge in [-0.25, -0.2) is 4.98 Å². The van der Waals surface area contributed by atoms with Crippen LogP contribution in [0.3, 0.4) is 0 Å². The third kappa shape index (κ3) is 5.93. The van der Waals surface area contributed by atoms with Gasteiger partial charge in [0.2, 0.25) is 0 Å². The molecule has 4 nitrogen and oxygen atoms in total. The number of esters is 1. The van der Waals surface area contributed by atoms with Gasteiger partial charge in [0.15, 0.2) is 0 Å². The fourth-order valence-corrected chi connectivity index (χ4v) is 3.27. The van der Waals surface area contributed by atoms with E-state index in [1.54, 1.807) is 30.0 Å². The summed E-state index contributed by atoms with van der Waals surface area (Å²) in [5.74, 6) is 1.90. The number of carbonyl (C=O) groups is 1. The molecule has 0 aliphatic carbocycles. The smallest absolute Gasteiger partial charge is 0.322 e. The number of nitrogens with two attached hydrogens (primary N) is 1. The summed E-state index contributed by atoms with van der Waals surface area (Å²) in [7, 11) is 0. The summed E-state index contributed by atoms with van der Waals surface area (Å²) in [6, 6.07) is -0.505. The molecule has 0 bridgehead atoms. The lowest BCUT2D eigenvalue weighted by atomic mass is 10.2. The van der Waals surface area contributed by atoms with Gasteiger partial charge in [0.05, 0.1) is 17.3 Å². The lowest BCUT2D eigenvalue weighted by Crippen LogP contribution is -2.32. The summed E-state index contributed by atoms with van der Waals surface area (Å²) < 4.78 is 4.86. The number of thiazole rings is 1. The summed E-state index contributed by atoms with van der Waals surface area (Å²) in [5.41, 5.74) is 6.84. The molecule has 108 valence electrons. The summed E-state index contributed by atoms with van der Waals surface area (Å²) in [5, 5.41) is 3.28. The molecule has 1 unspecified atom stereocenters. The van der Waals surface area contributed by atoms with Gasteiger partial charge >= 0.3 is 5.97 Å². The predicted octanol–water partition coefficient (Wildman–Crippen LogP) is 2.78. The Hall–Kier alpha value is -0.590. The highest BCUT2D eigenvalue weighted by Crippen LogP contribution is 2.22. The van der Waals surface area contributed by atoms with Crippen molar-refractivity contribution in [1.29, 1.82) is 0 Å². The second-order valence-electron chi connectivity index (χ2n) is 4.53. The van der Waals surface area contributed by atoms with Crippen molar-refractivity contribution in [2.45, 2.75) is 44.9 Å². The molecule has 0 aliphatic heterocycles. The Labute approximate surface area is 123 Å². The van der Waals surface area contributed by atoms with Crippen LogP contribution in [0.15, 0.2) is 5.38 Å². The molecular weight excluding hydrogens is 280 g/mol. The second-order valence-corrected chi connectivity index (χ2v) is 6.53. The average Bonchev–Trinajstić information content (AvgIpc) is 2.83. The van der Waals surface area contributed by atoms with E-state index in [-0.39, 0.29) is 5.97 Å². The first-order chi connectivity index (χ1) is 9.04. The summed E-state index contributed by atoms with van der Waals surface area (Å²) in [6.45, 7) is 6.46. The topological polar surface area (TPSA) is 65.2 Å². The van der Waals surface area contributed by atoms with Crippen molar-refractivity contribution in [2.75, 3.05) is 12.4 Å². The SMILES string of the molecule is CCOC(=O)C(N)CCSCc1csc(C(C)C)n1. The van der Waals surface area contributed by atoms with Crippen LogP contribution in [0.5, 0.6) is 0 Å². The molecule has 0 amide bonds. The maximum Gasteiger partial charge on any atom is 0.322 e. The molecule has 0 aromatic carbocycles. The van der Waals surface area contributed by atoms with E-state index in [4.69, 9.17) is 10.5 Å². The van der Waals surface area contributed by atoms with E-state index >= 15 is 0 Å². The number of hydrogen-bond donors (Lipinski definition) is 1. The molecule has 0 fully saturated rings. The minimum atomic E-state index is -0.505. The molecule has 0 radical (unpaired) electrons. The Morgan fingerprint density at radius 1 is 1.58 bits per heavy atom. The van der Waals surface area contributed by atoms with E-state index < -0.39 is 6.04 Å². The molecule has 0 spiro atoms. The quantitative estimate of drug-likeness (QED) is 0.591. The Morgan fingerprint density at radius 3 is 2.89 bits per heavy atom. The predicted molar refractivity (Wildman–Crippen MR) is 81.6 cm³/mol. The van der Waals surface area contributed by atoms with Gasteiger partial charge in [-0.15, -0.1) is 11.3 Å². The first-order valence-corrected chi connectivity index (χ1v) is 8.52. The Bertz CT molecular complexity index is 394. The number of rotatable bonds is 8. The first kappa shape index (κ1) is 16.5. The van der Waals surface area contributed by atoms with Gasteiger partial charge in [0.1, 0.15) is 6.04 Å². The van der Waals surface area contributed by atoms with E-state index in [0.29, 0.717) is 18.9 Å². The molecule has 1 aromatic rings. The number of thioether (sulfide) groups is 1. The molecule has 0 saturated heterocycles. The van der Waals surface area contributed by atoms with Gasteiger partial charge < -0.3 is 10.5 Å². The molecule has 1 atom stereocenters. The van der Waals surface area contributed by atoms with Crippen LogP contribution < -0.4 is 5.73 Å². The van der Waals surface area contributed by atoms with Crippen LogP contribution in [0, 0.1) is 0 Å². The van der Waals surface area contributed by atoms with Crippen LogP contribution in [0.1, 0.15) is 43.8 Å². The fraction of sp³-hybridized carbons (Fsp3) is 0.692. The highest BCUT2D eigenvalue weighted by atomic mass is 32.2. The minimum Gasteiger partial charge on any atom is -0.465 e. The van der Waals surface area contributed by atoms with Crippen molar-refractivity contribution in [3.8, 4) is 0 Å². The number of hydrogen-bond acceptors (Lipinski definition) is 6. The second kappa shape index (κ2) is 8.55. The summed E-state index contributed by atoms with van der Waals surface area (Å²) >= 11 is 3.46. The average molecular weight is 302 g/mol. The molecule has 0 saturated carbocycles. The third-order valence-corrected chi connectivity index (χ3v) is 4.69. The van der Waals surface area contributed by atoms with Gasteiger partial charge in [-0.05, 0) is 19.1 Å².